The normalized spacial score (nSPS) is 13.7. The summed E-state index contributed by atoms with van der Waals surface area (Å²) in [6.45, 7) is 5.26. The van der Waals surface area contributed by atoms with Crippen molar-refractivity contribution in [3.8, 4) is 0 Å². The van der Waals surface area contributed by atoms with Crippen LogP contribution in [0.5, 0.6) is 0 Å². The molecule has 0 amide bonds. The van der Waals surface area contributed by atoms with Gasteiger partial charge in [-0.15, -0.1) is 0 Å². The second-order valence-electron chi connectivity index (χ2n) is 2.05. The van der Waals surface area contributed by atoms with Gasteiger partial charge in [0, 0.05) is 10.7 Å². The first-order valence-corrected chi connectivity index (χ1v) is 5.77. The van der Waals surface area contributed by atoms with Crippen LogP contribution in [0.25, 0.3) is 0 Å². The minimum atomic E-state index is -3.60. The topological polar surface area (TPSA) is 34.1 Å². The molecule has 0 spiro atoms. The average Bonchev–Trinajstić information content (AvgIpc) is 1.95. The number of rotatable bonds is 4. The summed E-state index contributed by atoms with van der Waals surface area (Å²) in [5, 5.41) is 0. The molecule has 0 aliphatic carbocycles. The molecule has 0 atom stereocenters. The summed E-state index contributed by atoms with van der Waals surface area (Å²) in [5.74, 6) is 0. The van der Waals surface area contributed by atoms with E-state index in [-0.39, 0.29) is 4.91 Å². The van der Waals surface area contributed by atoms with Crippen molar-refractivity contribution in [3.63, 3.8) is 0 Å². The molecule has 2 nitrogen and oxygen atoms in total. The molecule has 0 aromatic rings. The van der Waals surface area contributed by atoms with Gasteiger partial charge in [0.25, 0.3) is 9.05 Å². The van der Waals surface area contributed by atoms with Gasteiger partial charge >= 0.3 is 0 Å². The van der Waals surface area contributed by atoms with Crippen LogP contribution < -0.4 is 0 Å². The number of hydrogen-bond donors (Lipinski definition) is 0. The number of halogens is 1. The Morgan fingerprint density at radius 3 is 2.50 bits per heavy atom. The highest BCUT2D eigenvalue weighted by Crippen LogP contribution is 2.13. The first-order chi connectivity index (χ1) is 5.52. The largest absolute Gasteiger partial charge is 0.260 e. The van der Waals surface area contributed by atoms with E-state index in [1.807, 2.05) is 6.92 Å². The average molecular weight is 207 g/mol. The highest BCUT2D eigenvalue weighted by Gasteiger charge is 2.08. The zero-order valence-electron chi connectivity index (χ0n) is 6.83. The Morgan fingerprint density at radius 1 is 1.58 bits per heavy atom. The van der Waals surface area contributed by atoms with Gasteiger partial charge in [-0.25, -0.2) is 8.42 Å². The molecule has 0 aromatic heterocycles. The van der Waals surface area contributed by atoms with E-state index >= 15 is 0 Å². The van der Waals surface area contributed by atoms with Crippen LogP contribution in [0, 0.1) is 0 Å². The Morgan fingerprint density at radius 2 is 2.17 bits per heavy atom. The van der Waals surface area contributed by atoms with Gasteiger partial charge in [0.15, 0.2) is 0 Å². The third-order valence-corrected chi connectivity index (χ3v) is 2.48. The molecule has 0 aliphatic rings. The van der Waals surface area contributed by atoms with Crippen molar-refractivity contribution in [1.82, 2.24) is 0 Å². The smallest absolute Gasteiger partial charge is 0.207 e. The lowest BCUT2D eigenvalue weighted by molar-refractivity contribution is 0.615. The lowest BCUT2D eigenvalue weighted by Gasteiger charge is -1.93. The summed E-state index contributed by atoms with van der Waals surface area (Å²) in [5.41, 5.74) is 0. The van der Waals surface area contributed by atoms with Crippen molar-refractivity contribution in [2.45, 2.75) is 13.3 Å². The van der Waals surface area contributed by atoms with Gasteiger partial charge in [0.05, 0.1) is 4.91 Å². The molecule has 0 bridgehead atoms. The summed E-state index contributed by atoms with van der Waals surface area (Å²) < 4.78 is 21.7. The van der Waals surface area contributed by atoms with Crippen molar-refractivity contribution >= 4 is 19.7 Å². The van der Waals surface area contributed by atoms with E-state index in [1.54, 1.807) is 6.08 Å². The minimum Gasteiger partial charge on any atom is -0.207 e. The lowest BCUT2D eigenvalue weighted by Crippen LogP contribution is -1.91. The highest BCUT2D eigenvalue weighted by atomic mass is 35.7. The van der Waals surface area contributed by atoms with E-state index in [2.05, 4.69) is 6.58 Å². The van der Waals surface area contributed by atoms with E-state index in [1.165, 1.54) is 18.2 Å². The Labute approximate surface area is 77.7 Å². The van der Waals surface area contributed by atoms with Crippen LogP contribution in [0.2, 0.25) is 0 Å². The van der Waals surface area contributed by atoms with Gasteiger partial charge in [0.2, 0.25) is 0 Å². The predicted molar refractivity (Wildman–Crippen MR) is 52.5 cm³/mol. The van der Waals surface area contributed by atoms with Gasteiger partial charge in [-0.2, -0.15) is 0 Å². The maximum Gasteiger partial charge on any atom is 0.260 e. The Kier molecular flexibility index (Phi) is 4.93. The molecule has 0 N–H and O–H groups in total. The van der Waals surface area contributed by atoms with Crippen LogP contribution in [0.15, 0.2) is 35.8 Å². The van der Waals surface area contributed by atoms with E-state index in [9.17, 15) is 8.42 Å². The summed E-state index contributed by atoms with van der Waals surface area (Å²) >= 11 is 0. The van der Waals surface area contributed by atoms with Crippen molar-refractivity contribution < 1.29 is 8.42 Å². The first-order valence-electron chi connectivity index (χ1n) is 3.46. The monoisotopic (exact) mass is 206 g/mol. The quantitative estimate of drug-likeness (QED) is 0.524. The van der Waals surface area contributed by atoms with E-state index < -0.39 is 9.05 Å². The second kappa shape index (κ2) is 5.17. The zero-order chi connectivity index (χ0) is 9.61. The molecule has 12 heavy (non-hydrogen) atoms. The maximum atomic E-state index is 10.8. The lowest BCUT2D eigenvalue weighted by atomic mass is 10.4. The number of allylic oxidation sites excluding steroid dienone is 4. The molecular formula is C8H11ClO2S. The van der Waals surface area contributed by atoms with E-state index in [4.69, 9.17) is 10.7 Å². The molecule has 0 fully saturated rings. The fourth-order valence-corrected chi connectivity index (χ4v) is 1.56. The van der Waals surface area contributed by atoms with Crippen LogP contribution in [-0.2, 0) is 9.05 Å². The van der Waals surface area contributed by atoms with Gasteiger partial charge < -0.3 is 0 Å². The van der Waals surface area contributed by atoms with Crippen LogP contribution >= 0.6 is 10.7 Å². The summed E-state index contributed by atoms with van der Waals surface area (Å²) in [4.78, 5) is 0.117. The first kappa shape index (κ1) is 11.5. The molecule has 0 unspecified atom stereocenters. The molecule has 0 rings (SSSR count). The molecular weight excluding hydrogens is 196 g/mol. The fourth-order valence-electron chi connectivity index (χ4n) is 0.613. The Bertz CT molecular complexity index is 299. The zero-order valence-corrected chi connectivity index (χ0v) is 8.40. The van der Waals surface area contributed by atoms with Crippen molar-refractivity contribution in [2.75, 3.05) is 0 Å². The summed E-state index contributed by atoms with van der Waals surface area (Å²) in [7, 11) is 1.53. The molecule has 0 saturated carbocycles. The van der Waals surface area contributed by atoms with Crippen LogP contribution in [-0.4, -0.2) is 8.42 Å². The molecule has 0 aromatic carbocycles. The molecule has 4 heteroatoms. The molecule has 0 heterocycles. The van der Waals surface area contributed by atoms with Gasteiger partial charge in [-0.3, -0.25) is 0 Å². The summed E-state index contributed by atoms with van der Waals surface area (Å²) in [6, 6.07) is 0. The van der Waals surface area contributed by atoms with E-state index in [0.717, 1.165) is 0 Å². The molecule has 68 valence electrons. The molecule has 0 radical (unpaired) electrons. The SMILES string of the molecule is C=C/C=C\C(=C/CC)S(=O)(=O)Cl. The number of hydrogen-bond acceptors (Lipinski definition) is 2. The van der Waals surface area contributed by atoms with Gasteiger partial charge in [-0.1, -0.05) is 31.7 Å². The fraction of sp³-hybridized carbons (Fsp3) is 0.250. The van der Waals surface area contributed by atoms with Gasteiger partial charge in [-0.05, 0) is 12.5 Å². The third-order valence-electron chi connectivity index (χ3n) is 1.08. The second-order valence-corrected chi connectivity index (χ2v) is 4.61. The highest BCUT2D eigenvalue weighted by molar-refractivity contribution is 8.17. The van der Waals surface area contributed by atoms with Crippen molar-refractivity contribution in [2.24, 2.45) is 0 Å². The predicted octanol–water partition coefficient (Wildman–Crippen LogP) is 2.59. The maximum absolute atomic E-state index is 10.8. The standard InChI is InChI=1S/C8H11ClO2S/c1-3-5-7-8(6-4-2)12(9,10)11/h3,5-7H,1,4H2,2H3/b7-5-,8-6+. The van der Waals surface area contributed by atoms with Crippen LogP contribution in [0.1, 0.15) is 13.3 Å². The van der Waals surface area contributed by atoms with Crippen molar-refractivity contribution in [1.29, 1.82) is 0 Å². The third kappa shape index (κ3) is 4.36. The minimum absolute atomic E-state index is 0.117. The Hall–Kier alpha value is -0.540. The molecule has 0 saturated heterocycles. The Balaban J connectivity index is 4.82. The van der Waals surface area contributed by atoms with Crippen LogP contribution in [0.3, 0.4) is 0 Å². The van der Waals surface area contributed by atoms with Gasteiger partial charge in [0.1, 0.15) is 0 Å². The van der Waals surface area contributed by atoms with Crippen molar-refractivity contribution in [3.05, 3.63) is 35.8 Å². The van der Waals surface area contributed by atoms with E-state index in [0.29, 0.717) is 6.42 Å². The van der Waals surface area contributed by atoms with Crippen LogP contribution in [0.4, 0.5) is 0 Å². The molecule has 0 aliphatic heterocycles. The summed E-state index contributed by atoms with van der Waals surface area (Å²) in [6.07, 6.45) is 6.61.